The Kier molecular flexibility index (Phi) is 2.44. The van der Waals surface area contributed by atoms with Gasteiger partial charge in [-0.05, 0) is 0 Å². The van der Waals surface area contributed by atoms with Crippen LogP contribution in [0.4, 0.5) is 0 Å². The summed E-state index contributed by atoms with van der Waals surface area (Å²) in [7, 11) is -2.48. The van der Waals surface area contributed by atoms with Gasteiger partial charge < -0.3 is 0 Å². The van der Waals surface area contributed by atoms with Gasteiger partial charge >= 0.3 is 66.9 Å². The first kappa shape index (κ1) is 7.74. The molecule has 0 heterocycles. The molecular formula is C6H4FeO2P. The van der Waals surface area contributed by atoms with Crippen LogP contribution in [0.25, 0.3) is 0 Å². The molecule has 0 N–H and O–H groups in total. The Morgan fingerprint density at radius 3 is 2.20 bits per heavy atom. The van der Waals surface area contributed by atoms with E-state index in [0.29, 0.717) is 9.77 Å². The molecule has 1 aromatic rings. The predicted octanol–water partition coefficient (Wildman–Crippen LogP) is 0.657. The van der Waals surface area contributed by atoms with Gasteiger partial charge in [-0.3, -0.25) is 0 Å². The van der Waals surface area contributed by atoms with E-state index in [4.69, 9.17) is 0 Å². The molecule has 0 fully saturated rings. The zero-order chi connectivity index (χ0) is 7.56. The first-order valence-corrected chi connectivity index (χ1v) is 4.32. The van der Waals surface area contributed by atoms with Crippen molar-refractivity contribution in [2.45, 2.75) is 0 Å². The van der Waals surface area contributed by atoms with Crippen LogP contribution in [0.5, 0.6) is 0 Å². The second kappa shape index (κ2) is 3.16. The molecule has 0 aliphatic rings. The van der Waals surface area contributed by atoms with E-state index in [2.05, 4.69) is 16.0 Å². The summed E-state index contributed by atoms with van der Waals surface area (Å²) in [4.78, 5) is 0. The molecule has 0 bridgehead atoms. The van der Waals surface area contributed by atoms with Crippen molar-refractivity contribution in [1.82, 2.24) is 0 Å². The quantitative estimate of drug-likeness (QED) is 0.487. The zero-order valence-electron chi connectivity index (χ0n) is 4.93. The van der Waals surface area contributed by atoms with Crippen LogP contribution in [0.3, 0.4) is 0 Å². The molecule has 0 radical (unpaired) electrons. The molecule has 0 spiro atoms. The minimum atomic E-state index is -2.48. The molecule has 0 saturated heterocycles. The van der Waals surface area contributed by atoms with Crippen LogP contribution in [0.1, 0.15) is 0 Å². The SMILES string of the molecule is O=P(=O)c1cccc[c]1[Fe]. The van der Waals surface area contributed by atoms with Crippen LogP contribution in [0.15, 0.2) is 24.3 Å². The number of benzene rings is 1. The first-order chi connectivity index (χ1) is 4.72. The van der Waals surface area contributed by atoms with Gasteiger partial charge in [0.15, 0.2) is 0 Å². The van der Waals surface area contributed by atoms with Crippen LogP contribution in [0.2, 0.25) is 0 Å². The summed E-state index contributed by atoms with van der Waals surface area (Å²) < 4.78 is 21.4. The van der Waals surface area contributed by atoms with E-state index in [1.807, 2.05) is 0 Å². The molecule has 0 unspecified atom stereocenters. The zero-order valence-corrected chi connectivity index (χ0v) is 6.93. The second-order valence-corrected chi connectivity index (χ2v) is 3.29. The van der Waals surface area contributed by atoms with Crippen LogP contribution in [-0.2, 0) is 25.1 Å². The van der Waals surface area contributed by atoms with Crippen molar-refractivity contribution >= 4 is 17.4 Å². The average Bonchev–Trinajstić information content (AvgIpc) is 1.88. The van der Waals surface area contributed by atoms with Crippen LogP contribution in [-0.4, -0.2) is 0 Å². The van der Waals surface area contributed by atoms with Gasteiger partial charge in [0.2, 0.25) is 0 Å². The van der Waals surface area contributed by atoms with Crippen molar-refractivity contribution in [3.05, 3.63) is 24.3 Å². The van der Waals surface area contributed by atoms with E-state index in [9.17, 15) is 9.13 Å². The summed E-state index contributed by atoms with van der Waals surface area (Å²) in [6.07, 6.45) is 0. The molecule has 0 aliphatic heterocycles. The molecule has 0 aromatic heterocycles. The molecule has 0 atom stereocenters. The third kappa shape index (κ3) is 1.57. The molecule has 0 saturated carbocycles. The average molecular weight is 195 g/mol. The topological polar surface area (TPSA) is 34.1 Å². The molecule has 1 aromatic carbocycles. The molecule has 4 heteroatoms. The molecule has 10 heavy (non-hydrogen) atoms. The van der Waals surface area contributed by atoms with Gasteiger partial charge in [0.25, 0.3) is 0 Å². The van der Waals surface area contributed by atoms with Crippen molar-refractivity contribution in [3.8, 4) is 0 Å². The maximum atomic E-state index is 10.4. The first-order valence-electron chi connectivity index (χ1n) is 2.59. The van der Waals surface area contributed by atoms with Crippen molar-refractivity contribution in [3.63, 3.8) is 0 Å². The summed E-state index contributed by atoms with van der Waals surface area (Å²) in [6.45, 7) is 0. The minimum absolute atomic E-state index is 0.303. The van der Waals surface area contributed by atoms with E-state index < -0.39 is 7.68 Å². The Hall–Kier alpha value is -0.361. The predicted molar refractivity (Wildman–Crippen MR) is 34.0 cm³/mol. The normalized spacial score (nSPS) is 9.30. The third-order valence-electron chi connectivity index (χ3n) is 1.04. The van der Waals surface area contributed by atoms with E-state index in [1.165, 1.54) is 6.07 Å². The van der Waals surface area contributed by atoms with E-state index in [0.717, 1.165) is 0 Å². The standard InChI is InChI=1S/C6H4O2P.Fe/c7-9(8)6-4-2-1-3-5-6;/h1-4H;. The fourth-order valence-corrected chi connectivity index (χ4v) is 1.55. The molecule has 2 nitrogen and oxygen atoms in total. The summed E-state index contributed by atoms with van der Waals surface area (Å²) in [5, 5.41) is 0.303. The molecule has 0 amide bonds. The van der Waals surface area contributed by atoms with Crippen LogP contribution < -0.4 is 9.77 Å². The fraction of sp³-hybridized carbons (Fsp3) is 0. The third-order valence-corrected chi connectivity index (χ3v) is 2.50. The Morgan fingerprint density at radius 2 is 1.80 bits per heavy atom. The molecular weight excluding hydrogens is 191 g/mol. The Bertz CT molecular complexity index is 298. The Morgan fingerprint density at radius 1 is 1.20 bits per heavy atom. The Labute approximate surface area is 67.3 Å². The van der Waals surface area contributed by atoms with Gasteiger partial charge in [-0.15, -0.1) is 0 Å². The van der Waals surface area contributed by atoms with Gasteiger partial charge in [0.1, 0.15) is 0 Å². The van der Waals surface area contributed by atoms with Gasteiger partial charge in [-0.25, -0.2) is 0 Å². The summed E-state index contributed by atoms with van der Waals surface area (Å²) in [6, 6.07) is 6.63. The maximum absolute atomic E-state index is 10.4. The van der Waals surface area contributed by atoms with Crippen LogP contribution >= 0.6 is 7.68 Å². The fourth-order valence-electron chi connectivity index (χ4n) is 0.593. The van der Waals surface area contributed by atoms with Crippen LogP contribution in [0, 0.1) is 0 Å². The molecule has 53 valence electrons. The van der Waals surface area contributed by atoms with Crippen molar-refractivity contribution < 1.29 is 25.1 Å². The second-order valence-electron chi connectivity index (χ2n) is 1.70. The molecule has 0 aliphatic carbocycles. The summed E-state index contributed by atoms with van der Waals surface area (Å²) in [5.74, 6) is 0. The summed E-state index contributed by atoms with van der Waals surface area (Å²) >= 11 is 3.56. The Balaban J connectivity index is 3.28. The van der Waals surface area contributed by atoms with E-state index >= 15 is 0 Å². The van der Waals surface area contributed by atoms with Gasteiger partial charge in [-0.1, -0.05) is 0 Å². The molecule has 1 rings (SSSR count). The van der Waals surface area contributed by atoms with Gasteiger partial charge in [0.05, 0.1) is 0 Å². The van der Waals surface area contributed by atoms with Gasteiger partial charge in [-0.2, -0.15) is 0 Å². The van der Waals surface area contributed by atoms with E-state index in [-0.39, 0.29) is 0 Å². The number of hydrogen-bond acceptors (Lipinski definition) is 2. The summed E-state index contributed by atoms with van der Waals surface area (Å²) in [5.41, 5.74) is 0. The number of hydrogen-bond donors (Lipinski definition) is 0. The van der Waals surface area contributed by atoms with Gasteiger partial charge in [0, 0.05) is 0 Å². The van der Waals surface area contributed by atoms with Crippen molar-refractivity contribution in [2.75, 3.05) is 0 Å². The van der Waals surface area contributed by atoms with Crippen molar-refractivity contribution in [1.29, 1.82) is 0 Å². The number of rotatable bonds is 1. The van der Waals surface area contributed by atoms with E-state index in [1.54, 1.807) is 18.2 Å². The monoisotopic (exact) mass is 195 g/mol. The van der Waals surface area contributed by atoms with Crippen molar-refractivity contribution in [2.24, 2.45) is 0 Å².